The Morgan fingerprint density at radius 2 is 2.24 bits per heavy atom. The molecule has 0 bridgehead atoms. The molecule has 0 saturated carbocycles. The molecule has 1 atom stereocenters. The molecule has 3 heteroatoms. The lowest BCUT2D eigenvalue weighted by molar-refractivity contribution is 0.240. The number of aromatic nitrogens is 1. The Morgan fingerprint density at radius 3 is 2.82 bits per heavy atom. The van der Waals surface area contributed by atoms with Gasteiger partial charge in [0.2, 0.25) is 0 Å². The Morgan fingerprint density at radius 1 is 1.41 bits per heavy atom. The molecule has 2 rings (SSSR count). The van der Waals surface area contributed by atoms with Crippen LogP contribution in [0.1, 0.15) is 44.7 Å². The van der Waals surface area contributed by atoms with E-state index in [4.69, 9.17) is 0 Å². The number of anilines is 1. The van der Waals surface area contributed by atoms with Gasteiger partial charge in [-0.1, -0.05) is 13.8 Å². The Hall–Kier alpha value is -1.09. The molecular formula is C14H22N2O. The summed E-state index contributed by atoms with van der Waals surface area (Å²) in [7, 11) is 0. The molecule has 0 aromatic carbocycles. The first-order chi connectivity index (χ1) is 8.22. The van der Waals surface area contributed by atoms with E-state index in [0.717, 1.165) is 24.3 Å². The van der Waals surface area contributed by atoms with Gasteiger partial charge < -0.3 is 10.0 Å². The van der Waals surface area contributed by atoms with E-state index in [1.54, 1.807) is 0 Å². The van der Waals surface area contributed by atoms with Gasteiger partial charge in [-0.25, -0.2) is 0 Å². The smallest absolute Gasteiger partial charge is 0.0635 e. The Balaban J connectivity index is 2.15. The lowest BCUT2D eigenvalue weighted by Gasteiger charge is -2.36. The molecule has 1 aromatic rings. The first-order valence-electron chi connectivity index (χ1n) is 6.56. The van der Waals surface area contributed by atoms with Crippen LogP contribution in [-0.2, 0) is 0 Å². The van der Waals surface area contributed by atoms with E-state index in [-0.39, 0.29) is 12.6 Å². The molecule has 3 nitrogen and oxygen atoms in total. The summed E-state index contributed by atoms with van der Waals surface area (Å²) in [6.07, 6.45) is 5.47. The fourth-order valence-corrected chi connectivity index (χ4v) is 2.44. The summed E-state index contributed by atoms with van der Waals surface area (Å²) < 4.78 is 0. The van der Waals surface area contributed by atoms with Gasteiger partial charge in [0.15, 0.2) is 0 Å². The van der Waals surface area contributed by atoms with Gasteiger partial charge >= 0.3 is 0 Å². The van der Waals surface area contributed by atoms with Crippen molar-refractivity contribution >= 4 is 5.69 Å². The molecule has 1 aromatic heterocycles. The fourth-order valence-electron chi connectivity index (χ4n) is 2.44. The molecule has 1 saturated heterocycles. The van der Waals surface area contributed by atoms with Crippen molar-refractivity contribution in [1.29, 1.82) is 0 Å². The van der Waals surface area contributed by atoms with Crippen molar-refractivity contribution in [3.05, 3.63) is 24.0 Å². The zero-order chi connectivity index (χ0) is 12.3. The zero-order valence-electron chi connectivity index (χ0n) is 10.8. The average Bonchev–Trinajstić information content (AvgIpc) is 2.39. The number of hydrogen-bond acceptors (Lipinski definition) is 3. The third-order valence-electron chi connectivity index (χ3n) is 3.53. The summed E-state index contributed by atoms with van der Waals surface area (Å²) in [6, 6.07) is 4.51. The average molecular weight is 234 g/mol. The molecule has 1 unspecified atom stereocenters. The lowest BCUT2D eigenvalue weighted by Crippen LogP contribution is -2.41. The standard InChI is InChI=1S/C14H22N2O/c1-11(2)14-7-6-12(9-15-14)16-8-4-3-5-13(16)10-17/h6-7,9,11,13,17H,3-5,8,10H2,1-2H3. The molecule has 94 valence electrons. The highest BCUT2D eigenvalue weighted by atomic mass is 16.3. The van der Waals surface area contributed by atoms with Crippen LogP contribution in [0.2, 0.25) is 0 Å². The molecule has 1 N–H and O–H groups in total. The number of pyridine rings is 1. The van der Waals surface area contributed by atoms with Gasteiger partial charge in [-0.2, -0.15) is 0 Å². The zero-order valence-corrected chi connectivity index (χ0v) is 10.8. The second-order valence-corrected chi connectivity index (χ2v) is 5.12. The van der Waals surface area contributed by atoms with Crippen molar-refractivity contribution in [2.75, 3.05) is 18.1 Å². The number of rotatable bonds is 3. The number of hydrogen-bond donors (Lipinski definition) is 1. The van der Waals surface area contributed by atoms with Crippen LogP contribution < -0.4 is 4.90 Å². The molecule has 0 spiro atoms. The molecule has 0 amide bonds. The second-order valence-electron chi connectivity index (χ2n) is 5.12. The number of nitrogens with zero attached hydrogens (tertiary/aromatic N) is 2. The van der Waals surface area contributed by atoms with Gasteiger partial charge in [0.05, 0.1) is 24.5 Å². The van der Waals surface area contributed by atoms with Crippen LogP contribution in [0.4, 0.5) is 5.69 Å². The minimum absolute atomic E-state index is 0.242. The van der Waals surface area contributed by atoms with Gasteiger partial charge in [0, 0.05) is 12.2 Å². The maximum Gasteiger partial charge on any atom is 0.0635 e. The van der Waals surface area contributed by atoms with E-state index in [1.807, 2.05) is 6.20 Å². The first kappa shape index (κ1) is 12.4. The molecular weight excluding hydrogens is 212 g/mol. The van der Waals surface area contributed by atoms with Crippen molar-refractivity contribution in [1.82, 2.24) is 4.98 Å². The SMILES string of the molecule is CC(C)c1ccc(N2CCCCC2CO)cn1. The number of piperidine rings is 1. The second kappa shape index (κ2) is 5.50. The van der Waals surface area contributed by atoms with Crippen LogP contribution in [0.15, 0.2) is 18.3 Å². The fraction of sp³-hybridized carbons (Fsp3) is 0.643. The summed E-state index contributed by atoms with van der Waals surface area (Å²) in [5.74, 6) is 0.471. The van der Waals surface area contributed by atoms with E-state index in [2.05, 4.69) is 35.9 Å². The maximum atomic E-state index is 9.40. The Kier molecular flexibility index (Phi) is 4.00. The van der Waals surface area contributed by atoms with Crippen molar-refractivity contribution in [3.63, 3.8) is 0 Å². The van der Waals surface area contributed by atoms with Crippen molar-refractivity contribution in [2.45, 2.75) is 45.1 Å². The number of aliphatic hydroxyl groups is 1. The minimum atomic E-state index is 0.242. The summed E-state index contributed by atoms with van der Waals surface area (Å²) >= 11 is 0. The van der Waals surface area contributed by atoms with Gasteiger partial charge in [-0.15, -0.1) is 0 Å². The van der Waals surface area contributed by atoms with Crippen molar-refractivity contribution in [2.24, 2.45) is 0 Å². The number of aliphatic hydroxyl groups excluding tert-OH is 1. The summed E-state index contributed by atoms with van der Waals surface area (Å²) in [5, 5.41) is 9.40. The van der Waals surface area contributed by atoms with E-state index in [9.17, 15) is 5.11 Å². The summed E-state index contributed by atoms with van der Waals surface area (Å²) in [6.45, 7) is 5.58. The van der Waals surface area contributed by atoms with E-state index >= 15 is 0 Å². The molecule has 0 aliphatic carbocycles. The topological polar surface area (TPSA) is 36.4 Å². The van der Waals surface area contributed by atoms with E-state index < -0.39 is 0 Å². The van der Waals surface area contributed by atoms with Gasteiger partial charge in [0.25, 0.3) is 0 Å². The predicted octanol–water partition coefficient (Wildman–Crippen LogP) is 2.56. The third kappa shape index (κ3) is 2.78. The molecule has 2 heterocycles. The molecule has 1 aliphatic heterocycles. The molecule has 1 fully saturated rings. The lowest BCUT2D eigenvalue weighted by atomic mass is 10.0. The maximum absolute atomic E-state index is 9.40. The van der Waals surface area contributed by atoms with Gasteiger partial charge in [-0.3, -0.25) is 4.98 Å². The van der Waals surface area contributed by atoms with Crippen LogP contribution >= 0.6 is 0 Å². The van der Waals surface area contributed by atoms with Gasteiger partial charge in [-0.05, 0) is 37.3 Å². The highest BCUT2D eigenvalue weighted by molar-refractivity contribution is 5.46. The highest BCUT2D eigenvalue weighted by Gasteiger charge is 2.21. The minimum Gasteiger partial charge on any atom is -0.394 e. The molecule has 1 aliphatic rings. The third-order valence-corrected chi connectivity index (χ3v) is 3.53. The van der Waals surface area contributed by atoms with Crippen LogP contribution in [0.3, 0.4) is 0 Å². The highest BCUT2D eigenvalue weighted by Crippen LogP contribution is 2.25. The van der Waals surface area contributed by atoms with E-state index in [1.165, 1.54) is 12.8 Å². The van der Waals surface area contributed by atoms with Crippen molar-refractivity contribution in [3.8, 4) is 0 Å². The largest absolute Gasteiger partial charge is 0.394 e. The van der Waals surface area contributed by atoms with Crippen LogP contribution in [0, 0.1) is 0 Å². The molecule has 0 radical (unpaired) electrons. The predicted molar refractivity (Wildman–Crippen MR) is 70.4 cm³/mol. The van der Waals surface area contributed by atoms with Gasteiger partial charge in [0.1, 0.15) is 0 Å². The summed E-state index contributed by atoms with van der Waals surface area (Å²) in [4.78, 5) is 6.79. The normalized spacial score (nSPS) is 20.9. The van der Waals surface area contributed by atoms with Crippen molar-refractivity contribution < 1.29 is 5.11 Å². The Bertz CT molecular complexity index is 348. The molecule has 17 heavy (non-hydrogen) atoms. The monoisotopic (exact) mass is 234 g/mol. The van der Waals surface area contributed by atoms with Crippen LogP contribution in [-0.4, -0.2) is 29.3 Å². The van der Waals surface area contributed by atoms with Crippen LogP contribution in [0.25, 0.3) is 0 Å². The first-order valence-corrected chi connectivity index (χ1v) is 6.56. The van der Waals surface area contributed by atoms with Crippen LogP contribution in [0.5, 0.6) is 0 Å². The quantitative estimate of drug-likeness (QED) is 0.873. The summed E-state index contributed by atoms with van der Waals surface area (Å²) in [5.41, 5.74) is 2.28. The van der Waals surface area contributed by atoms with E-state index in [0.29, 0.717) is 5.92 Å². The Labute approximate surface area is 103 Å².